The van der Waals surface area contributed by atoms with Gasteiger partial charge in [-0.3, -0.25) is 4.79 Å². The summed E-state index contributed by atoms with van der Waals surface area (Å²) in [7, 11) is 0. The molecule has 1 aliphatic heterocycles. The lowest BCUT2D eigenvalue weighted by atomic mass is 10.0. The van der Waals surface area contributed by atoms with Crippen molar-refractivity contribution in [3.8, 4) is 5.75 Å². The second kappa shape index (κ2) is 8.67. The number of carboxylic acids is 1. The van der Waals surface area contributed by atoms with E-state index in [0.29, 0.717) is 28.8 Å². The fraction of sp³-hybridized carbons (Fsp3) is 0.348. The van der Waals surface area contributed by atoms with Crippen molar-refractivity contribution in [2.24, 2.45) is 21.1 Å². The minimum absolute atomic E-state index is 0.113. The van der Waals surface area contributed by atoms with Gasteiger partial charge in [0.25, 0.3) is 5.91 Å². The van der Waals surface area contributed by atoms with Crippen LogP contribution in [0.3, 0.4) is 0 Å². The highest BCUT2D eigenvalue weighted by Crippen LogP contribution is 2.49. The van der Waals surface area contributed by atoms with Gasteiger partial charge in [-0.1, -0.05) is 13.8 Å². The number of hydrogen-bond acceptors (Lipinski definition) is 6. The summed E-state index contributed by atoms with van der Waals surface area (Å²) in [5.41, 5.74) is 2.23. The molecule has 8 heteroatoms. The smallest absolute Gasteiger partial charge is 0.335 e. The average Bonchev–Trinajstić information content (AvgIpc) is 3.32. The molecule has 31 heavy (non-hydrogen) atoms. The largest absolute Gasteiger partial charge is 0.486 e. The Morgan fingerprint density at radius 3 is 2.48 bits per heavy atom. The fourth-order valence-corrected chi connectivity index (χ4v) is 3.51. The van der Waals surface area contributed by atoms with Crippen LogP contribution < -0.4 is 10.1 Å². The standard InChI is InChI=1S/C23H24N4O4/c1-3-20-25-21(27-26-20)12-31-16-7-4-14(5-8-16)22(28)24-19-9-6-15(23(29)30)11-18(19)17-10-13(17)2/h4-9,11,13,17,20H,3,10,12H2,1-2H3,(H,24,28)(H,29,30). The number of hydrogen-bond donors (Lipinski definition) is 2. The van der Waals surface area contributed by atoms with Gasteiger partial charge in [-0.15, -0.1) is 5.11 Å². The van der Waals surface area contributed by atoms with Crippen molar-refractivity contribution >= 4 is 23.4 Å². The zero-order valence-electron chi connectivity index (χ0n) is 17.4. The van der Waals surface area contributed by atoms with Gasteiger partial charge in [0.1, 0.15) is 12.4 Å². The van der Waals surface area contributed by atoms with Crippen molar-refractivity contribution in [1.82, 2.24) is 0 Å². The van der Waals surface area contributed by atoms with Gasteiger partial charge in [-0.2, -0.15) is 5.11 Å². The maximum Gasteiger partial charge on any atom is 0.335 e. The van der Waals surface area contributed by atoms with Gasteiger partial charge >= 0.3 is 5.97 Å². The zero-order valence-corrected chi connectivity index (χ0v) is 17.4. The molecule has 0 radical (unpaired) electrons. The number of anilines is 1. The third kappa shape index (κ3) is 4.79. The number of aliphatic imine (C=N–C) groups is 1. The van der Waals surface area contributed by atoms with E-state index < -0.39 is 5.97 Å². The predicted molar refractivity (Wildman–Crippen MR) is 116 cm³/mol. The van der Waals surface area contributed by atoms with Crippen molar-refractivity contribution in [3.63, 3.8) is 0 Å². The Balaban J connectivity index is 1.41. The van der Waals surface area contributed by atoms with Gasteiger partial charge < -0.3 is 15.2 Å². The molecule has 2 aromatic carbocycles. The van der Waals surface area contributed by atoms with Crippen molar-refractivity contribution in [1.29, 1.82) is 0 Å². The summed E-state index contributed by atoms with van der Waals surface area (Å²) >= 11 is 0. The number of carboxylic acid groups (broad SMARTS) is 1. The highest BCUT2D eigenvalue weighted by molar-refractivity contribution is 6.05. The number of benzene rings is 2. The fourth-order valence-electron chi connectivity index (χ4n) is 3.51. The Hall–Kier alpha value is -3.55. The quantitative estimate of drug-likeness (QED) is 0.642. The van der Waals surface area contributed by atoms with E-state index in [0.717, 1.165) is 18.4 Å². The molecule has 3 atom stereocenters. The van der Waals surface area contributed by atoms with E-state index in [1.54, 1.807) is 36.4 Å². The molecular formula is C23H24N4O4. The topological polar surface area (TPSA) is 113 Å². The van der Waals surface area contributed by atoms with E-state index in [4.69, 9.17) is 4.74 Å². The summed E-state index contributed by atoms with van der Waals surface area (Å²) in [6.07, 6.45) is 1.68. The molecule has 2 aromatic rings. The molecule has 1 fully saturated rings. The molecule has 3 unspecified atom stereocenters. The lowest BCUT2D eigenvalue weighted by Gasteiger charge is -2.12. The summed E-state index contributed by atoms with van der Waals surface area (Å²) < 4.78 is 5.67. The van der Waals surface area contributed by atoms with Crippen molar-refractivity contribution in [2.45, 2.75) is 38.8 Å². The van der Waals surface area contributed by atoms with Crippen LogP contribution in [0, 0.1) is 5.92 Å². The van der Waals surface area contributed by atoms with Crippen LogP contribution in [0.4, 0.5) is 5.69 Å². The molecule has 2 N–H and O–H groups in total. The number of nitrogens with zero attached hydrogens (tertiary/aromatic N) is 3. The van der Waals surface area contributed by atoms with Crippen LogP contribution in [0.1, 0.15) is 58.9 Å². The number of ether oxygens (including phenoxy) is 1. The Morgan fingerprint density at radius 1 is 1.16 bits per heavy atom. The van der Waals surface area contributed by atoms with E-state index in [-0.39, 0.29) is 30.2 Å². The molecule has 0 bridgehead atoms. The first kappa shape index (κ1) is 20.7. The van der Waals surface area contributed by atoms with Gasteiger partial charge in [0.05, 0.1) is 5.56 Å². The number of nitrogens with one attached hydrogen (secondary N) is 1. The average molecular weight is 420 g/mol. The van der Waals surface area contributed by atoms with E-state index in [1.807, 2.05) is 6.92 Å². The first-order valence-corrected chi connectivity index (χ1v) is 10.3. The first-order chi connectivity index (χ1) is 14.9. The maximum absolute atomic E-state index is 12.7. The number of carbonyl (C=O) groups excluding carboxylic acids is 1. The highest BCUT2D eigenvalue weighted by Gasteiger charge is 2.36. The molecule has 0 saturated heterocycles. The number of amidine groups is 1. The predicted octanol–water partition coefficient (Wildman–Crippen LogP) is 4.74. The molecule has 1 aliphatic carbocycles. The third-order valence-electron chi connectivity index (χ3n) is 5.51. The lowest BCUT2D eigenvalue weighted by molar-refractivity contribution is 0.0696. The highest BCUT2D eigenvalue weighted by atomic mass is 16.5. The van der Waals surface area contributed by atoms with Crippen LogP contribution in [0.15, 0.2) is 57.7 Å². The molecule has 1 amide bonds. The first-order valence-electron chi connectivity index (χ1n) is 10.3. The zero-order chi connectivity index (χ0) is 22.0. The molecule has 0 aromatic heterocycles. The van der Waals surface area contributed by atoms with Crippen LogP contribution >= 0.6 is 0 Å². The molecular weight excluding hydrogens is 396 g/mol. The van der Waals surface area contributed by atoms with E-state index in [2.05, 4.69) is 27.5 Å². The van der Waals surface area contributed by atoms with E-state index in [9.17, 15) is 14.7 Å². The number of amides is 1. The third-order valence-corrected chi connectivity index (χ3v) is 5.51. The molecule has 1 heterocycles. The van der Waals surface area contributed by atoms with Crippen LogP contribution in [0.2, 0.25) is 0 Å². The molecule has 1 saturated carbocycles. The summed E-state index contributed by atoms with van der Waals surface area (Å²) in [5, 5.41) is 20.2. The molecule has 2 aliphatic rings. The molecule has 4 rings (SSSR count). The van der Waals surface area contributed by atoms with Gasteiger partial charge in [0.2, 0.25) is 0 Å². The number of azo groups is 1. The van der Waals surface area contributed by atoms with E-state index in [1.165, 1.54) is 6.07 Å². The number of rotatable bonds is 8. The van der Waals surface area contributed by atoms with Crippen LogP contribution in [-0.2, 0) is 0 Å². The second-order valence-electron chi connectivity index (χ2n) is 7.84. The summed E-state index contributed by atoms with van der Waals surface area (Å²) in [4.78, 5) is 28.4. The maximum atomic E-state index is 12.7. The minimum Gasteiger partial charge on any atom is -0.486 e. The SMILES string of the molecule is CCC1N=NC(COc2ccc(C(=O)Nc3ccc(C(=O)O)cc3C3CC3C)cc2)=N1. The van der Waals surface area contributed by atoms with E-state index >= 15 is 0 Å². The normalized spacial score (nSPS) is 21.5. The Bertz CT molecular complexity index is 1060. The number of aromatic carboxylic acids is 1. The summed E-state index contributed by atoms with van der Waals surface area (Å²) in [6.45, 7) is 4.34. The summed E-state index contributed by atoms with van der Waals surface area (Å²) in [5.74, 6) is 0.677. The van der Waals surface area contributed by atoms with Gasteiger partial charge in [0, 0.05) is 11.3 Å². The van der Waals surface area contributed by atoms with Crippen LogP contribution in [0.25, 0.3) is 0 Å². The van der Waals surface area contributed by atoms with Crippen molar-refractivity contribution < 1.29 is 19.4 Å². The lowest BCUT2D eigenvalue weighted by Crippen LogP contribution is -2.14. The Kier molecular flexibility index (Phi) is 5.79. The van der Waals surface area contributed by atoms with Crippen molar-refractivity contribution in [3.05, 3.63) is 59.2 Å². The molecule has 0 spiro atoms. The Labute approximate surface area is 180 Å². The molecule has 8 nitrogen and oxygen atoms in total. The van der Waals surface area contributed by atoms with Crippen LogP contribution in [0.5, 0.6) is 5.75 Å². The Morgan fingerprint density at radius 2 is 1.87 bits per heavy atom. The van der Waals surface area contributed by atoms with Crippen LogP contribution in [-0.4, -0.2) is 35.6 Å². The van der Waals surface area contributed by atoms with Crippen molar-refractivity contribution in [2.75, 3.05) is 11.9 Å². The second-order valence-corrected chi connectivity index (χ2v) is 7.84. The summed E-state index contributed by atoms with van der Waals surface area (Å²) in [6, 6.07) is 11.6. The monoisotopic (exact) mass is 420 g/mol. The minimum atomic E-state index is -0.974. The molecule has 160 valence electrons. The van der Waals surface area contributed by atoms with Gasteiger partial charge in [0.15, 0.2) is 12.0 Å². The number of carbonyl (C=O) groups is 2. The van der Waals surface area contributed by atoms with Gasteiger partial charge in [-0.05, 0) is 72.7 Å². The van der Waals surface area contributed by atoms with Gasteiger partial charge in [-0.25, -0.2) is 9.79 Å².